The van der Waals surface area contributed by atoms with Crippen molar-refractivity contribution in [2.45, 2.75) is 12.8 Å². The van der Waals surface area contributed by atoms with Crippen molar-refractivity contribution in [3.8, 4) is 45.0 Å². The van der Waals surface area contributed by atoms with Crippen molar-refractivity contribution in [2.24, 2.45) is 0 Å². The number of furan rings is 1. The maximum atomic E-state index is 6.75. The summed E-state index contributed by atoms with van der Waals surface area (Å²) in [6, 6.07) is 55.7. The number of nitrogens with zero attached hydrogens (tertiary/aromatic N) is 3. The molecule has 0 N–H and O–H groups in total. The molecule has 0 spiro atoms. The van der Waals surface area contributed by atoms with Gasteiger partial charge in [0.25, 0.3) is 0 Å². The van der Waals surface area contributed by atoms with Gasteiger partial charge in [0.15, 0.2) is 17.5 Å². The van der Waals surface area contributed by atoms with Crippen molar-refractivity contribution in [3.63, 3.8) is 0 Å². The van der Waals surface area contributed by atoms with E-state index in [1.807, 2.05) is 0 Å². The van der Waals surface area contributed by atoms with E-state index in [2.05, 4.69) is 176 Å². The summed E-state index contributed by atoms with van der Waals surface area (Å²) < 4.78 is 6.75. The Kier molecular flexibility index (Phi) is 7.27. The van der Waals surface area contributed by atoms with Crippen LogP contribution in [0.25, 0.3) is 105 Å². The lowest BCUT2D eigenvalue weighted by Crippen LogP contribution is -2.04. The highest BCUT2D eigenvalue weighted by Crippen LogP contribution is 2.43. The number of aromatic nitrogens is 3. The predicted molar refractivity (Wildman–Crippen MR) is 228 cm³/mol. The van der Waals surface area contributed by atoms with Gasteiger partial charge in [0.05, 0.1) is 0 Å². The lowest BCUT2D eigenvalue weighted by Gasteiger charge is -2.15. The zero-order valence-corrected chi connectivity index (χ0v) is 29.9. The Balaban J connectivity index is 1.13. The van der Waals surface area contributed by atoms with E-state index < -0.39 is 0 Å². The fourth-order valence-corrected chi connectivity index (χ4v) is 8.36. The van der Waals surface area contributed by atoms with Crippen LogP contribution in [0.2, 0.25) is 0 Å². The van der Waals surface area contributed by atoms with E-state index in [0.717, 1.165) is 84.5 Å². The van der Waals surface area contributed by atoms with Gasteiger partial charge in [0, 0.05) is 27.5 Å². The van der Waals surface area contributed by atoms with Gasteiger partial charge in [-0.05, 0) is 85.6 Å². The van der Waals surface area contributed by atoms with Gasteiger partial charge in [0.1, 0.15) is 11.2 Å². The van der Waals surface area contributed by atoms with E-state index in [1.54, 1.807) is 0 Å². The molecular formula is C51H33N3O. The maximum absolute atomic E-state index is 6.75. The van der Waals surface area contributed by atoms with Gasteiger partial charge in [-0.3, -0.25) is 0 Å². The molecule has 1 aliphatic carbocycles. The third-order valence-corrected chi connectivity index (χ3v) is 11.0. The minimum absolute atomic E-state index is 0.643. The van der Waals surface area contributed by atoms with E-state index >= 15 is 0 Å². The van der Waals surface area contributed by atoms with Crippen LogP contribution in [0.4, 0.5) is 0 Å². The Morgan fingerprint density at radius 2 is 1.09 bits per heavy atom. The smallest absolute Gasteiger partial charge is 0.164 e. The monoisotopic (exact) mass is 703 g/mol. The Labute approximate surface area is 317 Å². The summed E-state index contributed by atoms with van der Waals surface area (Å²) >= 11 is 0. The SMILES string of the molecule is C1=CCCC(c2nc(-c3ccccc3-c3cccc4oc5c(-c6ccc7ccccc7c6)cccc5c34)nc(-c3cc4ccccc4c4ccccc34)n2)=C1. The van der Waals surface area contributed by atoms with Crippen LogP contribution < -0.4 is 0 Å². The molecule has 1 aliphatic rings. The van der Waals surface area contributed by atoms with Crippen molar-refractivity contribution in [3.05, 3.63) is 182 Å². The average Bonchev–Trinajstić information content (AvgIpc) is 3.65. The van der Waals surface area contributed by atoms with E-state index in [9.17, 15) is 0 Å². The molecule has 11 rings (SSSR count). The lowest BCUT2D eigenvalue weighted by atomic mass is 9.93. The second-order valence-corrected chi connectivity index (χ2v) is 14.2. The molecule has 0 saturated carbocycles. The van der Waals surface area contributed by atoms with E-state index in [1.165, 1.54) is 21.5 Å². The van der Waals surface area contributed by atoms with Crippen molar-refractivity contribution in [2.75, 3.05) is 0 Å². The molecular weight excluding hydrogens is 671 g/mol. The third-order valence-electron chi connectivity index (χ3n) is 11.0. The molecule has 0 aliphatic heterocycles. The molecule has 0 fully saturated rings. The second-order valence-electron chi connectivity index (χ2n) is 14.2. The predicted octanol–water partition coefficient (Wildman–Crippen LogP) is 13.6. The highest BCUT2D eigenvalue weighted by Gasteiger charge is 2.22. The molecule has 0 bridgehead atoms. The van der Waals surface area contributed by atoms with Gasteiger partial charge < -0.3 is 4.42 Å². The molecule has 10 aromatic rings. The molecule has 2 heterocycles. The van der Waals surface area contributed by atoms with Gasteiger partial charge >= 0.3 is 0 Å². The molecule has 2 aromatic heterocycles. The van der Waals surface area contributed by atoms with Gasteiger partial charge in [0.2, 0.25) is 0 Å². The number of para-hydroxylation sites is 1. The zero-order chi connectivity index (χ0) is 36.3. The maximum Gasteiger partial charge on any atom is 0.164 e. The molecule has 0 atom stereocenters. The largest absolute Gasteiger partial charge is 0.455 e. The highest BCUT2D eigenvalue weighted by molar-refractivity contribution is 6.17. The van der Waals surface area contributed by atoms with E-state index in [4.69, 9.17) is 19.4 Å². The summed E-state index contributed by atoms with van der Waals surface area (Å²) in [6.07, 6.45) is 8.27. The number of hydrogen-bond donors (Lipinski definition) is 0. The molecule has 0 amide bonds. The van der Waals surface area contributed by atoms with Crippen LogP contribution in [0.3, 0.4) is 0 Å². The summed E-state index contributed by atoms with van der Waals surface area (Å²) in [7, 11) is 0. The minimum atomic E-state index is 0.643. The molecule has 0 radical (unpaired) electrons. The van der Waals surface area contributed by atoms with Crippen LogP contribution in [0.1, 0.15) is 18.7 Å². The van der Waals surface area contributed by atoms with Crippen LogP contribution >= 0.6 is 0 Å². The van der Waals surface area contributed by atoms with Crippen LogP contribution in [0.15, 0.2) is 180 Å². The standard InChI is InChI=1S/C51H33N3O/c1-2-15-33(16-3-1)49-52-50(54-51(53-49)45-31-35-18-6-7-19-37(35)39-20-8-9-21-40(39)45)43-23-11-10-22-41(43)42-25-13-27-46-47(42)44-26-12-24-38(48(44)55-46)36-29-28-32-14-4-5-17-34(32)30-36/h1-2,4-15,17-31H,3,16H2. The highest BCUT2D eigenvalue weighted by atomic mass is 16.3. The van der Waals surface area contributed by atoms with Crippen molar-refractivity contribution in [1.82, 2.24) is 15.0 Å². The summed E-state index contributed by atoms with van der Waals surface area (Å²) in [5, 5.41) is 9.24. The van der Waals surface area contributed by atoms with E-state index in [0.29, 0.717) is 17.5 Å². The quantitative estimate of drug-likeness (QED) is 0.167. The van der Waals surface area contributed by atoms with Crippen molar-refractivity contribution < 1.29 is 4.42 Å². The van der Waals surface area contributed by atoms with Gasteiger partial charge in [-0.2, -0.15) is 0 Å². The second kappa shape index (κ2) is 12.8. The third kappa shape index (κ3) is 5.25. The molecule has 0 unspecified atom stereocenters. The first-order valence-corrected chi connectivity index (χ1v) is 18.8. The van der Waals surface area contributed by atoms with E-state index in [-0.39, 0.29) is 0 Å². The van der Waals surface area contributed by atoms with Gasteiger partial charge in [-0.1, -0.05) is 158 Å². The first-order valence-electron chi connectivity index (χ1n) is 18.8. The Morgan fingerprint density at radius 1 is 0.436 bits per heavy atom. The van der Waals surface area contributed by atoms with Crippen LogP contribution in [-0.2, 0) is 0 Å². The zero-order valence-electron chi connectivity index (χ0n) is 29.9. The van der Waals surface area contributed by atoms with Crippen LogP contribution in [0.5, 0.6) is 0 Å². The lowest BCUT2D eigenvalue weighted by molar-refractivity contribution is 0.670. The van der Waals surface area contributed by atoms with Gasteiger partial charge in [-0.15, -0.1) is 0 Å². The molecule has 8 aromatic carbocycles. The normalized spacial score (nSPS) is 13.0. The number of fused-ring (bicyclic) bond motifs is 7. The fraction of sp³-hybridized carbons (Fsp3) is 0.0392. The number of allylic oxidation sites excluding steroid dienone is 4. The summed E-state index contributed by atoms with van der Waals surface area (Å²) in [5.41, 5.74) is 9.07. The molecule has 4 heteroatoms. The number of hydrogen-bond acceptors (Lipinski definition) is 4. The average molecular weight is 704 g/mol. The Hall–Kier alpha value is -7.17. The minimum Gasteiger partial charge on any atom is -0.455 e. The topological polar surface area (TPSA) is 51.8 Å². The first kappa shape index (κ1) is 31.4. The van der Waals surface area contributed by atoms with Crippen molar-refractivity contribution >= 4 is 59.8 Å². The van der Waals surface area contributed by atoms with Gasteiger partial charge in [-0.25, -0.2) is 15.0 Å². The summed E-state index contributed by atoms with van der Waals surface area (Å²) in [4.78, 5) is 15.8. The Morgan fingerprint density at radius 3 is 1.95 bits per heavy atom. The Bertz CT molecular complexity index is 3220. The molecule has 0 saturated heterocycles. The summed E-state index contributed by atoms with van der Waals surface area (Å²) in [5.74, 6) is 2.02. The van der Waals surface area contributed by atoms with Crippen LogP contribution in [0, 0.1) is 0 Å². The number of rotatable bonds is 5. The summed E-state index contributed by atoms with van der Waals surface area (Å²) in [6.45, 7) is 0. The van der Waals surface area contributed by atoms with Crippen molar-refractivity contribution in [1.29, 1.82) is 0 Å². The first-order chi connectivity index (χ1) is 27.3. The molecule has 258 valence electrons. The fourth-order valence-electron chi connectivity index (χ4n) is 8.36. The molecule has 4 nitrogen and oxygen atoms in total. The number of benzene rings is 8. The molecule has 55 heavy (non-hydrogen) atoms. The van der Waals surface area contributed by atoms with Crippen LogP contribution in [-0.4, -0.2) is 15.0 Å².